The van der Waals surface area contributed by atoms with Crippen LogP contribution in [0.2, 0.25) is 0 Å². The second-order valence-corrected chi connectivity index (χ2v) is 6.80. The van der Waals surface area contributed by atoms with Gasteiger partial charge in [0.15, 0.2) is 0 Å². The van der Waals surface area contributed by atoms with Crippen molar-refractivity contribution in [2.24, 2.45) is 0 Å². The van der Waals surface area contributed by atoms with Gasteiger partial charge >= 0.3 is 5.97 Å². The zero-order chi connectivity index (χ0) is 17.9. The molecule has 0 unspecified atom stereocenters. The summed E-state index contributed by atoms with van der Waals surface area (Å²) in [5.74, 6) is -0.882. The van der Waals surface area contributed by atoms with Crippen LogP contribution in [-0.2, 0) is 6.42 Å². The van der Waals surface area contributed by atoms with Gasteiger partial charge in [-0.3, -0.25) is 0 Å². The summed E-state index contributed by atoms with van der Waals surface area (Å²) < 4.78 is 0. The maximum Gasteiger partial charge on any atom is 0.335 e. The number of hydrogen-bond donors (Lipinski definition) is 1. The largest absolute Gasteiger partial charge is 0.478 e. The molecule has 0 atom stereocenters. The normalized spacial score (nSPS) is 10.8. The Kier molecular flexibility index (Phi) is 8.24. The number of aromatic carboxylic acids is 1. The molecule has 0 spiro atoms. The van der Waals surface area contributed by atoms with Crippen molar-refractivity contribution in [3.63, 3.8) is 0 Å². The van der Waals surface area contributed by atoms with Gasteiger partial charge < -0.3 is 5.11 Å². The van der Waals surface area contributed by atoms with Crippen molar-refractivity contribution in [1.29, 1.82) is 0 Å². The minimum Gasteiger partial charge on any atom is -0.478 e. The lowest BCUT2D eigenvalue weighted by atomic mass is 10.00. The van der Waals surface area contributed by atoms with Crippen molar-refractivity contribution in [1.82, 2.24) is 0 Å². The first-order chi connectivity index (χ1) is 12.2. The highest BCUT2D eigenvalue weighted by molar-refractivity contribution is 5.88. The van der Waals surface area contributed by atoms with Crippen molar-refractivity contribution >= 4 is 5.97 Å². The number of rotatable bonds is 11. The molecule has 0 aliphatic heterocycles. The van der Waals surface area contributed by atoms with E-state index >= 15 is 0 Å². The topological polar surface area (TPSA) is 37.3 Å². The molecule has 0 radical (unpaired) electrons. The van der Waals surface area contributed by atoms with E-state index in [1.165, 1.54) is 56.9 Å². The molecule has 0 amide bonds. The maximum absolute atomic E-state index is 10.9. The average molecular weight is 338 g/mol. The molecule has 0 bridgehead atoms. The lowest BCUT2D eigenvalue weighted by Crippen LogP contribution is -1.95. The van der Waals surface area contributed by atoms with E-state index in [1.807, 2.05) is 12.1 Å². The molecule has 0 saturated heterocycles. The lowest BCUT2D eigenvalue weighted by molar-refractivity contribution is 0.0697. The molecule has 2 rings (SSSR count). The van der Waals surface area contributed by atoms with Gasteiger partial charge in [-0.2, -0.15) is 0 Å². The highest BCUT2D eigenvalue weighted by Crippen LogP contribution is 2.21. The van der Waals surface area contributed by atoms with Crippen LogP contribution < -0.4 is 0 Å². The monoisotopic (exact) mass is 338 g/mol. The molecule has 0 fully saturated rings. The lowest BCUT2D eigenvalue weighted by Gasteiger charge is -2.06. The van der Waals surface area contributed by atoms with Gasteiger partial charge in [0.2, 0.25) is 0 Å². The predicted molar refractivity (Wildman–Crippen MR) is 105 cm³/mol. The number of carboxylic acids is 1. The van der Waals surface area contributed by atoms with Gasteiger partial charge in [-0.1, -0.05) is 88.3 Å². The number of aryl methyl sites for hydroxylation is 1. The molecule has 1 N–H and O–H groups in total. The van der Waals surface area contributed by atoms with Crippen LogP contribution >= 0.6 is 0 Å². The summed E-state index contributed by atoms with van der Waals surface area (Å²) in [6, 6.07) is 15.7. The molecule has 2 nitrogen and oxygen atoms in total. The van der Waals surface area contributed by atoms with Crippen LogP contribution in [-0.4, -0.2) is 11.1 Å². The summed E-state index contributed by atoms with van der Waals surface area (Å²) in [5, 5.41) is 8.96. The summed E-state index contributed by atoms with van der Waals surface area (Å²) in [6.07, 6.45) is 12.0. The third-order valence-electron chi connectivity index (χ3n) is 4.74. The fourth-order valence-corrected chi connectivity index (χ4v) is 3.13. The number of hydrogen-bond acceptors (Lipinski definition) is 1. The van der Waals surface area contributed by atoms with Gasteiger partial charge in [0, 0.05) is 0 Å². The standard InChI is InChI=1S/C23H30O2/c1-2-3-4-5-6-7-8-9-10-19-11-13-20(14-12-19)21-15-17-22(18-16-21)23(24)25/h11-18H,2-10H2,1H3,(H,24,25). The molecule has 134 valence electrons. The van der Waals surface area contributed by atoms with Crippen molar-refractivity contribution in [2.45, 2.75) is 64.7 Å². The Labute approximate surface area is 151 Å². The molecule has 0 aliphatic carbocycles. The molecular weight excluding hydrogens is 308 g/mol. The Hall–Kier alpha value is -2.09. The van der Waals surface area contributed by atoms with Crippen LogP contribution in [0.1, 0.15) is 74.2 Å². The smallest absolute Gasteiger partial charge is 0.335 e. The SMILES string of the molecule is CCCCCCCCCCc1ccc(-c2ccc(C(=O)O)cc2)cc1. The van der Waals surface area contributed by atoms with Crippen molar-refractivity contribution in [3.8, 4) is 11.1 Å². The average Bonchev–Trinajstić information content (AvgIpc) is 2.64. The second kappa shape index (κ2) is 10.7. The first kappa shape index (κ1) is 19.2. The Morgan fingerprint density at radius 3 is 1.72 bits per heavy atom. The van der Waals surface area contributed by atoms with E-state index in [0.717, 1.165) is 17.5 Å². The molecule has 2 heteroatoms. The number of benzene rings is 2. The van der Waals surface area contributed by atoms with Crippen LogP contribution in [0.3, 0.4) is 0 Å². The van der Waals surface area contributed by atoms with Gasteiger partial charge in [-0.05, 0) is 41.7 Å². The van der Waals surface area contributed by atoms with Crippen LogP contribution in [0.5, 0.6) is 0 Å². The van der Waals surface area contributed by atoms with Gasteiger partial charge in [0.05, 0.1) is 5.56 Å². The molecule has 0 heterocycles. The van der Waals surface area contributed by atoms with E-state index in [2.05, 4.69) is 31.2 Å². The molecular formula is C23H30O2. The Morgan fingerprint density at radius 1 is 0.720 bits per heavy atom. The number of unbranched alkanes of at least 4 members (excludes halogenated alkanes) is 7. The minimum atomic E-state index is -0.882. The maximum atomic E-state index is 10.9. The summed E-state index contributed by atoms with van der Waals surface area (Å²) >= 11 is 0. The van der Waals surface area contributed by atoms with E-state index in [-0.39, 0.29) is 0 Å². The first-order valence-electron chi connectivity index (χ1n) is 9.63. The van der Waals surface area contributed by atoms with E-state index in [1.54, 1.807) is 12.1 Å². The highest BCUT2D eigenvalue weighted by atomic mass is 16.4. The van der Waals surface area contributed by atoms with Gasteiger partial charge in [0.1, 0.15) is 0 Å². The summed E-state index contributed by atoms with van der Waals surface area (Å²) in [7, 11) is 0. The van der Waals surface area contributed by atoms with E-state index in [0.29, 0.717) is 5.56 Å². The zero-order valence-electron chi connectivity index (χ0n) is 15.3. The Morgan fingerprint density at radius 2 is 1.20 bits per heavy atom. The van der Waals surface area contributed by atoms with Crippen molar-refractivity contribution in [3.05, 3.63) is 59.7 Å². The number of carbonyl (C=O) groups is 1. The van der Waals surface area contributed by atoms with Gasteiger partial charge in [-0.25, -0.2) is 4.79 Å². The fourth-order valence-electron chi connectivity index (χ4n) is 3.13. The number of carboxylic acid groups (broad SMARTS) is 1. The van der Waals surface area contributed by atoms with E-state index in [9.17, 15) is 4.79 Å². The first-order valence-corrected chi connectivity index (χ1v) is 9.63. The Balaban J connectivity index is 1.73. The van der Waals surface area contributed by atoms with Crippen LogP contribution in [0, 0.1) is 0 Å². The molecule has 0 saturated carbocycles. The predicted octanol–water partition coefficient (Wildman–Crippen LogP) is 6.74. The van der Waals surface area contributed by atoms with Crippen LogP contribution in [0.25, 0.3) is 11.1 Å². The summed E-state index contributed by atoms with van der Waals surface area (Å²) in [6.45, 7) is 2.26. The third kappa shape index (κ3) is 6.74. The van der Waals surface area contributed by atoms with Crippen LogP contribution in [0.15, 0.2) is 48.5 Å². The molecule has 2 aromatic carbocycles. The second-order valence-electron chi connectivity index (χ2n) is 6.80. The fraction of sp³-hybridized carbons (Fsp3) is 0.435. The highest BCUT2D eigenvalue weighted by Gasteiger charge is 2.03. The van der Waals surface area contributed by atoms with Crippen molar-refractivity contribution < 1.29 is 9.90 Å². The Bertz CT molecular complexity index is 626. The quantitative estimate of drug-likeness (QED) is 0.461. The summed E-state index contributed by atoms with van der Waals surface area (Å²) in [5.41, 5.74) is 3.91. The minimum absolute atomic E-state index is 0.329. The molecule has 0 aromatic heterocycles. The molecule has 2 aromatic rings. The molecule has 25 heavy (non-hydrogen) atoms. The van der Waals surface area contributed by atoms with Crippen molar-refractivity contribution in [2.75, 3.05) is 0 Å². The summed E-state index contributed by atoms with van der Waals surface area (Å²) in [4.78, 5) is 10.9. The van der Waals surface area contributed by atoms with E-state index in [4.69, 9.17) is 5.11 Å². The van der Waals surface area contributed by atoms with Gasteiger partial charge in [-0.15, -0.1) is 0 Å². The van der Waals surface area contributed by atoms with Crippen LogP contribution in [0.4, 0.5) is 0 Å². The third-order valence-corrected chi connectivity index (χ3v) is 4.74. The zero-order valence-corrected chi connectivity index (χ0v) is 15.3. The van der Waals surface area contributed by atoms with E-state index < -0.39 is 5.97 Å². The molecule has 0 aliphatic rings. The van der Waals surface area contributed by atoms with Gasteiger partial charge in [0.25, 0.3) is 0 Å².